The second-order valence-corrected chi connectivity index (χ2v) is 8.42. The van der Waals surface area contributed by atoms with E-state index in [9.17, 15) is 4.79 Å². The molecular formula is C22H35N3O2. The lowest BCUT2D eigenvalue weighted by molar-refractivity contribution is -0.133. The van der Waals surface area contributed by atoms with E-state index >= 15 is 0 Å². The molecule has 1 amide bonds. The minimum absolute atomic E-state index is 0.306. The Bertz CT molecular complexity index is 615. The number of hydrogen-bond donors (Lipinski definition) is 0. The minimum Gasteiger partial charge on any atom is -0.496 e. The summed E-state index contributed by atoms with van der Waals surface area (Å²) in [7, 11) is 5.90. The molecule has 5 nitrogen and oxygen atoms in total. The van der Waals surface area contributed by atoms with Crippen molar-refractivity contribution in [3.63, 3.8) is 0 Å². The van der Waals surface area contributed by atoms with Gasteiger partial charge in [0.25, 0.3) is 0 Å². The zero-order chi connectivity index (χ0) is 19.2. The van der Waals surface area contributed by atoms with Crippen LogP contribution in [0.1, 0.15) is 31.2 Å². The number of rotatable bonds is 9. The van der Waals surface area contributed by atoms with Gasteiger partial charge < -0.3 is 14.5 Å². The van der Waals surface area contributed by atoms with Gasteiger partial charge in [0.1, 0.15) is 5.75 Å². The van der Waals surface area contributed by atoms with Gasteiger partial charge in [0.15, 0.2) is 0 Å². The van der Waals surface area contributed by atoms with Crippen molar-refractivity contribution in [1.29, 1.82) is 0 Å². The molecule has 0 radical (unpaired) electrons. The highest BCUT2D eigenvalue weighted by molar-refractivity contribution is 5.81. The first-order chi connectivity index (χ1) is 13.1. The van der Waals surface area contributed by atoms with Crippen molar-refractivity contribution >= 4 is 5.91 Å². The highest BCUT2D eigenvalue weighted by Crippen LogP contribution is 2.32. The number of hydrogen-bond acceptors (Lipinski definition) is 4. The van der Waals surface area contributed by atoms with Gasteiger partial charge >= 0.3 is 0 Å². The van der Waals surface area contributed by atoms with Crippen molar-refractivity contribution in [2.75, 3.05) is 53.9 Å². The summed E-state index contributed by atoms with van der Waals surface area (Å²) in [6.07, 6.45) is 4.60. The van der Waals surface area contributed by atoms with Crippen LogP contribution < -0.4 is 4.74 Å². The van der Waals surface area contributed by atoms with E-state index in [-0.39, 0.29) is 0 Å². The van der Waals surface area contributed by atoms with E-state index in [1.807, 2.05) is 12.1 Å². The second kappa shape index (κ2) is 9.56. The maximum Gasteiger partial charge on any atom is 0.225 e. The standard InChI is InChI=1S/C22H35N3O2/c1-23(2)13-14-25(22(26)19-10-11-19)16-18-7-6-12-24(15-18)17-20-8-4-5-9-21(20)27-3/h4-5,8-9,18-19H,6-7,10-17H2,1-3H3. The van der Waals surface area contributed by atoms with Crippen LogP contribution in [0.4, 0.5) is 0 Å². The Morgan fingerprint density at radius 2 is 1.96 bits per heavy atom. The summed E-state index contributed by atoms with van der Waals surface area (Å²) in [5.41, 5.74) is 1.25. The Balaban J connectivity index is 1.57. The Kier molecular flexibility index (Phi) is 7.13. The third-order valence-corrected chi connectivity index (χ3v) is 5.72. The van der Waals surface area contributed by atoms with E-state index in [2.05, 4.69) is 40.9 Å². The molecule has 1 saturated heterocycles. The highest BCUT2D eigenvalue weighted by Gasteiger charge is 2.34. The summed E-state index contributed by atoms with van der Waals surface area (Å²) in [4.78, 5) is 19.6. The average Bonchev–Trinajstić information content (AvgIpc) is 3.50. The fraction of sp³-hybridized carbons (Fsp3) is 0.682. The summed E-state index contributed by atoms with van der Waals surface area (Å²) >= 11 is 0. The molecule has 1 aromatic carbocycles. The van der Waals surface area contributed by atoms with Crippen LogP contribution in [-0.4, -0.2) is 74.5 Å². The SMILES string of the molecule is COc1ccccc1CN1CCCC(CN(CCN(C)C)C(=O)C2CC2)C1. The molecule has 27 heavy (non-hydrogen) atoms. The lowest BCUT2D eigenvalue weighted by atomic mass is 9.96. The lowest BCUT2D eigenvalue weighted by Gasteiger charge is -2.36. The van der Waals surface area contributed by atoms with Crippen LogP contribution in [0.3, 0.4) is 0 Å². The molecule has 1 unspecified atom stereocenters. The molecule has 2 fully saturated rings. The number of para-hydroxylation sites is 1. The van der Waals surface area contributed by atoms with Crippen molar-refractivity contribution < 1.29 is 9.53 Å². The molecule has 1 aromatic rings. The summed E-state index contributed by atoms with van der Waals surface area (Å²) in [6.45, 7) is 5.82. The first-order valence-electron chi connectivity index (χ1n) is 10.3. The molecule has 0 aromatic heterocycles. The number of carbonyl (C=O) groups excluding carboxylic acids is 1. The molecule has 0 spiro atoms. The zero-order valence-electron chi connectivity index (χ0n) is 17.2. The molecule has 1 saturated carbocycles. The highest BCUT2D eigenvalue weighted by atomic mass is 16.5. The van der Waals surface area contributed by atoms with Gasteiger partial charge in [0.05, 0.1) is 7.11 Å². The molecule has 1 atom stereocenters. The Morgan fingerprint density at radius 1 is 1.19 bits per heavy atom. The predicted octanol–water partition coefficient (Wildman–Crippen LogP) is 2.71. The molecule has 150 valence electrons. The monoisotopic (exact) mass is 373 g/mol. The van der Waals surface area contributed by atoms with E-state index < -0.39 is 0 Å². The predicted molar refractivity (Wildman–Crippen MR) is 109 cm³/mol. The molecule has 1 aliphatic carbocycles. The van der Waals surface area contributed by atoms with Crippen LogP contribution in [0, 0.1) is 11.8 Å². The topological polar surface area (TPSA) is 36.0 Å². The normalized spacial score (nSPS) is 20.7. The summed E-state index contributed by atoms with van der Waals surface area (Å²) in [5.74, 6) is 2.23. The van der Waals surface area contributed by atoms with Gasteiger partial charge in [0.2, 0.25) is 5.91 Å². The van der Waals surface area contributed by atoms with Crippen LogP contribution in [0.2, 0.25) is 0 Å². The van der Waals surface area contributed by atoms with Crippen molar-refractivity contribution in [2.24, 2.45) is 11.8 Å². The Labute approximate surface area is 164 Å². The molecule has 5 heteroatoms. The van der Waals surface area contributed by atoms with Gasteiger partial charge in [-0.3, -0.25) is 9.69 Å². The largest absolute Gasteiger partial charge is 0.496 e. The van der Waals surface area contributed by atoms with Gasteiger partial charge in [-0.1, -0.05) is 18.2 Å². The van der Waals surface area contributed by atoms with Crippen molar-refractivity contribution in [3.05, 3.63) is 29.8 Å². The van der Waals surface area contributed by atoms with Gasteiger partial charge in [0, 0.05) is 44.2 Å². The van der Waals surface area contributed by atoms with Crippen molar-refractivity contribution in [3.8, 4) is 5.75 Å². The van der Waals surface area contributed by atoms with Crippen LogP contribution >= 0.6 is 0 Å². The summed E-state index contributed by atoms with van der Waals surface area (Å²) in [6, 6.07) is 8.29. The average molecular weight is 374 g/mol. The lowest BCUT2D eigenvalue weighted by Crippen LogP contribution is -2.45. The first kappa shape index (κ1) is 20.2. The molecule has 0 bridgehead atoms. The summed E-state index contributed by atoms with van der Waals surface area (Å²) in [5, 5.41) is 0. The number of nitrogens with zero attached hydrogens (tertiary/aromatic N) is 3. The number of methoxy groups -OCH3 is 1. The maximum atomic E-state index is 12.7. The fourth-order valence-corrected chi connectivity index (χ4v) is 4.03. The fourth-order valence-electron chi connectivity index (χ4n) is 4.03. The quantitative estimate of drug-likeness (QED) is 0.667. The van der Waals surface area contributed by atoms with Crippen molar-refractivity contribution in [1.82, 2.24) is 14.7 Å². The number of likely N-dealkylation sites (N-methyl/N-ethyl adjacent to an activating group) is 1. The third-order valence-electron chi connectivity index (χ3n) is 5.72. The number of piperidine rings is 1. The van der Waals surface area contributed by atoms with Crippen LogP contribution in [0.15, 0.2) is 24.3 Å². The number of carbonyl (C=O) groups is 1. The van der Waals surface area contributed by atoms with E-state index in [1.165, 1.54) is 18.4 Å². The number of likely N-dealkylation sites (tertiary alicyclic amines) is 1. The molecule has 2 aliphatic rings. The minimum atomic E-state index is 0.306. The van der Waals surface area contributed by atoms with Crippen LogP contribution in [-0.2, 0) is 11.3 Å². The first-order valence-corrected chi connectivity index (χ1v) is 10.3. The Morgan fingerprint density at radius 3 is 2.67 bits per heavy atom. The van der Waals surface area contributed by atoms with Crippen LogP contribution in [0.25, 0.3) is 0 Å². The van der Waals surface area contributed by atoms with E-state index in [0.717, 1.165) is 57.9 Å². The molecule has 3 rings (SSSR count). The number of benzene rings is 1. The molecule has 0 N–H and O–H groups in total. The smallest absolute Gasteiger partial charge is 0.225 e. The van der Waals surface area contributed by atoms with Gasteiger partial charge in [-0.25, -0.2) is 0 Å². The third kappa shape index (κ3) is 5.94. The Hall–Kier alpha value is -1.59. The maximum absolute atomic E-state index is 12.7. The number of ether oxygens (including phenoxy) is 1. The zero-order valence-corrected chi connectivity index (χ0v) is 17.2. The van der Waals surface area contributed by atoms with Crippen LogP contribution in [0.5, 0.6) is 5.75 Å². The van der Waals surface area contributed by atoms with Gasteiger partial charge in [-0.2, -0.15) is 0 Å². The molecular weight excluding hydrogens is 338 g/mol. The number of amides is 1. The van der Waals surface area contributed by atoms with Gasteiger partial charge in [-0.15, -0.1) is 0 Å². The molecule has 1 heterocycles. The molecule has 1 aliphatic heterocycles. The van der Waals surface area contributed by atoms with E-state index in [4.69, 9.17) is 4.74 Å². The van der Waals surface area contributed by atoms with E-state index in [0.29, 0.717) is 17.7 Å². The summed E-state index contributed by atoms with van der Waals surface area (Å²) < 4.78 is 5.51. The second-order valence-electron chi connectivity index (χ2n) is 8.42. The van der Waals surface area contributed by atoms with Gasteiger partial charge in [-0.05, 0) is 58.3 Å². The van der Waals surface area contributed by atoms with Crippen molar-refractivity contribution in [2.45, 2.75) is 32.2 Å². The van der Waals surface area contributed by atoms with E-state index in [1.54, 1.807) is 7.11 Å².